The number of benzene rings is 1. The Morgan fingerprint density at radius 2 is 2.00 bits per heavy atom. The van der Waals surface area contributed by atoms with Crippen LogP contribution in [0.25, 0.3) is 0 Å². The molecule has 0 aromatic heterocycles. The van der Waals surface area contributed by atoms with Gasteiger partial charge in [0.15, 0.2) is 0 Å². The number of rotatable bonds is 8. The van der Waals surface area contributed by atoms with Crippen LogP contribution in [0, 0.1) is 17.2 Å². The third-order valence-electron chi connectivity index (χ3n) is 7.67. The van der Waals surface area contributed by atoms with Gasteiger partial charge in [-0.1, -0.05) is 44.2 Å². The Morgan fingerprint density at radius 1 is 1.22 bits per heavy atom. The van der Waals surface area contributed by atoms with Crippen LogP contribution in [0.3, 0.4) is 0 Å². The number of ether oxygens (including phenoxy) is 2. The first-order chi connectivity index (χ1) is 17.5. The van der Waals surface area contributed by atoms with Gasteiger partial charge in [0.2, 0.25) is 5.91 Å². The molecule has 4 rings (SSSR count). The standard InChI is InChI=1S/C27H39N5O4/c1-35-23-9-5-8-22(16-23)18-31-11-10-27(19-28,20-31)30-25(33)24(17-21-6-3-2-4-7-21)29-26(34)32-12-14-36-15-13-32/h5,8-9,16,21,24H,2-4,6-7,10-15,17-18,20H2,1H3,(H,29,34)(H,30,33). The van der Waals surface area contributed by atoms with Gasteiger partial charge in [-0.2, -0.15) is 5.26 Å². The number of nitrogens with one attached hydrogen (secondary N) is 2. The molecule has 2 N–H and O–H groups in total. The van der Waals surface area contributed by atoms with Crippen LogP contribution in [0.2, 0.25) is 0 Å². The number of nitriles is 1. The van der Waals surface area contributed by atoms with Crippen molar-refractivity contribution in [1.82, 2.24) is 20.4 Å². The summed E-state index contributed by atoms with van der Waals surface area (Å²) in [5.41, 5.74) is 0.132. The largest absolute Gasteiger partial charge is 0.497 e. The smallest absolute Gasteiger partial charge is 0.318 e. The monoisotopic (exact) mass is 497 g/mol. The first-order valence-electron chi connectivity index (χ1n) is 13.2. The van der Waals surface area contributed by atoms with E-state index in [1.165, 1.54) is 6.42 Å². The summed E-state index contributed by atoms with van der Waals surface area (Å²) in [6.45, 7) is 3.88. The molecule has 9 nitrogen and oxygen atoms in total. The fraction of sp³-hybridized carbons (Fsp3) is 0.667. The number of methoxy groups -OCH3 is 1. The summed E-state index contributed by atoms with van der Waals surface area (Å²) in [6.07, 6.45) is 6.87. The van der Waals surface area contributed by atoms with E-state index in [1.807, 2.05) is 24.3 Å². The van der Waals surface area contributed by atoms with Crippen LogP contribution < -0.4 is 15.4 Å². The first-order valence-corrected chi connectivity index (χ1v) is 13.2. The van der Waals surface area contributed by atoms with Gasteiger partial charge in [0, 0.05) is 32.7 Å². The predicted molar refractivity (Wildman–Crippen MR) is 135 cm³/mol. The van der Waals surface area contributed by atoms with Gasteiger partial charge in [0.05, 0.1) is 26.4 Å². The lowest BCUT2D eigenvalue weighted by molar-refractivity contribution is -0.124. The molecule has 3 aliphatic rings. The van der Waals surface area contributed by atoms with Crippen molar-refractivity contribution in [3.05, 3.63) is 29.8 Å². The lowest BCUT2D eigenvalue weighted by atomic mass is 9.84. The highest BCUT2D eigenvalue weighted by molar-refractivity contribution is 5.88. The molecule has 2 saturated heterocycles. The van der Waals surface area contributed by atoms with Crippen molar-refractivity contribution in [2.45, 2.75) is 63.1 Å². The third kappa shape index (κ3) is 6.89. The van der Waals surface area contributed by atoms with Crippen molar-refractivity contribution in [3.8, 4) is 11.8 Å². The van der Waals surface area contributed by atoms with Gasteiger partial charge >= 0.3 is 6.03 Å². The number of carbonyl (C=O) groups is 2. The first kappa shape index (κ1) is 26.2. The van der Waals surface area contributed by atoms with E-state index in [-0.39, 0.29) is 11.9 Å². The van der Waals surface area contributed by atoms with Gasteiger partial charge < -0.3 is 25.0 Å². The Kier molecular flexibility index (Phi) is 9.05. The number of morpholine rings is 1. The zero-order valence-corrected chi connectivity index (χ0v) is 21.3. The van der Waals surface area contributed by atoms with Crippen molar-refractivity contribution >= 4 is 11.9 Å². The van der Waals surface area contributed by atoms with Crippen molar-refractivity contribution in [3.63, 3.8) is 0 Å². The molecule has 36 heavy (non-hydrogen) atoms. The molecule has 1 aliphatic carbocycles. The van der Waals surface area contributed by atoms with Crippen molar-refractivity contribution in [2.75, 3.05) is 46.5 Å². The average molecular weight is 498 g/mol. The molecule has 0 spiro atoms. The molecule has 3 amide bonds. The van der Waals surface area contributed by atoms with E-state index in [0.29, 0.717) is 64.7 Å². The Morgan fingerprint density at radius 3 is 2.72 bits per heavy atom. The average Bonchev–Trinajstić information content (AvgIpc) is 3.31. The maximum absolute atomic E-state index is 13.5. The molecule has 1 aromatic carbocycles. The molecular weight excluding hydrogens is 458 g/mol. The summed E-state index contributed by atoms with van der Waals surface area (Å²) in [5.74, 6) is 0.950. The fourth-order valence-corrected chi connectivity index (χ4v) is 5.59. The Hall–Kier alpha value is -2.83. The summed E-state index contributed by atoms with van der Waals surface area (Å²) in [5, 5.41) is 16.1. The predicted octanol–water partition coefficient (Wildman–Crippen LogP) is 2.66. The fourth-order valence-electron chi connectivity index (χ4n) is 5.59. The molecule has 1 saturated carbocycles. The maximum atomic E-state index is 13.5. The van der Waals surface area contributed by atoms with Crippen LogP contribution in [-0.4, -0.2) is 79.8 Å². The molecule has 9 heteroatoms. The van der Waals surface area contributed by atoms with E-state index in [0.717, 1.165) is 37.0 Å². The van der Waals surface area contributed by atoms with Gasteiger partial charge in [-0.05, 0) is 36.5 Å². The summed E-state index contributed by atoms with van der Waals surface area (Å²) in [6, 6.07) is 9.39. The van der Waals surface area contributed by atoms with Crippen molar-refractivity contribution in [2.24, 2.45) is 5.92 Å². The lowest BCUT2D eigenvalue weighted by Gasteiger charge is -2.32. The second-order valence-corrected chi connectivity index (χ2v) is 10.3. The molecule has 2 aliphatic heterocycles. The second-order valence-electron chi connectivity index (χ2n) is 10.3. The molecular formula is C27H39N5O4. The Labute approximate surface area is 214 Å². The summed E-state index contributed by atoms with van der Waals surface area (Å²) < 4.78 is 10.7. The lowest BCUT2D eigenvalue weighted by Crippen LogP contribution is -2.58. The highest BCUT2D eigenvalue weighted by Crippen LogP contribution is 2.28. The van der Waals surface area contributed by atoms with Crippen molar-refractivity contribution in [1.29, 1.82) is 5.26 Å². The van der Waals surface area contributed by atoms with E-state index < -0.39 is 11.6 Å². The molecule has 0 bridgehead atoms. The SMILES string of the molecule is COc1cccc(CN2CCC(C#N)(NC(=O)C(CC3CCCCC3)NC(=O)N3CCOCC3)C2)c1. The number of hydrogen-bond donors (Lipinski definition) is 2. The van der Waals surface area contributed by atoms with Crippen LogP contribution in [0.15, 0.2) is 24.3 Å². The molecule has 0 radical (unpaired) electrons. The topological polar surface area (TPSA) is 107 Å². The second kappa shape index (κ2) is 12.4. The minimum absolute atomic E-state index is 0.230. The van der Waals surface area contributed by atoms with Crippen LogP contribution in [0.4, 0.5) is 4.79 Å². The zero-order valence-electron chi connectivity index (χ0n) is 21.3. The van der Waals surface area contributed by atoms with E-state index in [2.05, 4.69) is 21.6 Å². The van der Waals surface area contributed by atoms with E-state index in [9.17, 15) is 14.9 Å². The summed E-state index contributed by atoms with van der Waals surface area (Å²) in [4.78, 5) is 30.4. The molecule has 196 valence electrons. The highest BCUT2D eigenvalue weighted by Gasteiger charge is 2.41. The Bertz CT molecular complexity index is 938. The van der Waals surface area contributed by atoms with Crippen LogP contribution in [0.5, 0.6) is 5.75 Å². The van der Waals surface area contributed by atoms with Gasteiger partial charge in [-0.15, -0.1) is 0 Å². The van der Waals surface area contributed by atoms with Gasteiger partial charge in [0.1, 0.15) is 17.3 Å². The van der Waals surface area contributed by atoms with E-state index >= 15 is 0 Å². The van der Waals surface area contributed by atoms with Crippen molar-refractivity contribution < 1.29 is 19.1 Å². The number of hydrogen-bond acceptors (Lipinski definition) is 6. The molecule has 3 fully saturated rings. The quantitative estimate of drug-likeness (QED) is 0.572. The number of urea groups is 1. The summed E-state index contributed by atoms with van der Waals surface area (Å²) >= 11 is 0. The molecule has 2 heterocycles. The van der Waals surface area contributed by atoms with Gasteiger partial charge in [-0.25, -0.2) is 4.79 Å². The van der Waals surface area contributed by atoms with E-state index in [4.69, 9.17) is 9.47 Å². The summed E-state index contributed by atoms with van der Waals surface area (Å²) in [7, 11) is 1.65. The molecule has 2 atom stereocenters. The Balaban J connectivity index is 1.40. The highest BCUT2D eigenvalue weighted by atomic mass is 16.5. The minimum Gasteiger partial charge on any atom is -0.497 e. The van der Waals surface area contributed by atoms with E-state index in [1.54, 1.807) is 12.0 Å². The van der Waals surface area contributed by atoms with Crippen LogP contribution in [-0.2, 0) is 16.1 Å². The van der Waals surface area contributed by atoms with Crippen LogP contribution in [0.1, 0.15) is 50.5 Å². The van der Waals surface area contributed by atoms with Gasteiger partial charge in [0.25, 0.3) is 0 Å². The number of likely N-dealkylation sites (tertiary alicyclic amines) is 1. The number of nitrogens with zero attached hydrogens (tertiary/aromatic N) is 3. The maximum Gasteiger partial charge on any atom is 0.318 e. The molecule has 1 aromatic rings. The minimum atomic E-state index is -0.968. The molecule has 2 unspecified atom stereocenters. The normalized spacial score (nSPS) is 24.1. The third-order valence-corrected chi connectivity index (χ3v) is 7.67. The van der Waals surface area contributed by atoms with Crippen LogP contribution >= 0.6 is 0 Å². The zero-order chi connectivity index (χ0) is 25.4. The number of amides is 3. The number of carbonyl (C=O) groups excluding carboxylic acids is 2. The van der Waals surface area contributed by atoms with Gasteiger partial charge in [-0.3, -0.25) is 9.69 Å².